The summed E-state index contributed by atoms with van der Waals surface area (Å²) in [5, 5.41) is 6.05. The Morgan fingerprint density at radius 1 is 1.08 bits per heavy atom. The summed E-state index contributed by atoms with van der Waals surface area (Å²) in [6, 6.07) is 15.9. The number of methoxy groups -OCH3 is 1. The minimum Gasteiger partial charge on any atom is -0.497 e. The number of rotatable bonds is 5. The van der Waals surface area contributed by atoms with Gasteiger partial charge in [0.05, 0.1) is 13.7 Å². The SMILES string of the molecule is COc1cccc(NC(=O)CNC(=O)c2cc3ccccc3o2)c1. The van der Waals surface area contributed by atoms with Crippen molar-refractivity contribution in [3.05, 3.63) is 60.4 Å². The fraction of sp³-hybridized carbons (Fsp3) is 0.111. The smallest absolute Gasteiger partial charge is 0.287 e. The summed E-state index contributed by atoms with van der Waals surface area (Å²) in [5.41, 5.74) is 1.22. The van der Waals surface area contributed by atoms with Gasteiger partial charge < -0.3 is 19.8 Å². The van der Waals surface area contributed by atoms with Crippen molar-refractivity contribution in [1.82, 2.24) is 5.32 Å². The van der Waals surface area contributed by atoms with Crippen LogP contribution in [0.5, 0.6) is 5.75 Å². The fourth-order valence-corrected chi connectivity index (χ4v) is 2.25. The zero-order valence-corrected chi connectivity index (χ0v) is 13.0. The average molecular weight is 324 g/mol. The normalized spacial score (nSPS) is 10.4. The first-order valence-electron chi connectivity index (χ1n) is 7.36. The molecule has 2 N–H and O–H groups in total. The van der Waals surface area contributed by atoms with Crippen LogP contribution in [-0.4, -0.2) is 25.5 Å². The van der Waals surface area contributed by atoms with Gasteiger partial charge in [0, 0.05) is 17.1 Å². The van der Waals surface area contributed by atoms with Crippen LogP contribution in [-0.2, 0) is 4.79 Å². The number of anilines is 1. The molecule has 0 atom stereocenters. The van der Waals surface area contributed by atoms with Crippen LogP contribution < -0.4 is 15.4 Å². The number of nitrogens with one attached hydrogen (secondary N) is 2. The summed E-state index contributed by atoms with van der Waals surface area (Å²) in [6.07, 6.45) is 0. The van der Waals surface area contributed by atoms with Crippen molar-refractivity contribution in [2.24, 2.45) is 0 Å². The highest BCUT2D eigenvalue weighted by Gasteiger charge is 2.13. The van der Waals surface area contributed by atoms with E-state index in [4.69, 9.17) is 9.15 Å². The number of para-hydroxylation sites is 1. The Balaban J connectivity index is 1.58. The van der Waals surface area contributed by atoms with Gasteiger partial charge in [-0.3, -0.25) is 9.59 Å². The summed E-state index contributed by atoms with van der Waals surface area (Å²) in [6.45, 7) is -0.160. The molecule has 0 aliphatic carbocycles. The van der Waals surface area contributed by atoms with Crippen LogP contribution >= 0.6 is 0 Å². The topological polar surface area (TPSA) is 80.6 Å². The lowest BCUT2D eigenvalue weighted by atomic mass is 10.2. The van der Waals surface area contributed by atoms with Gasteiger partial charge in [0.1, 0.15) is 11.3 Å². The van der Waals surface area contributed by atoms with Gasteiger partial charge in [0.15, 0.2) is 5.76 Å². The Hall–Kier alpha value is -3.28. The second-order valence-corrected chi connectivity index (χ2v) is 5.11. The quantitative estimate of drug-likeness (QED) is 0.756. The number of hydrogen-bond acceptors (Lipinski definition) is 4. The minimum absolute atomic E-state index is 0.160. The number of carbonyl (C=O) groups excluding carboxylic acids is 2. The van der Waals surface area contributed by atoms with E-state index in [1.807, 2.05) is 18.2 Å². The van der Waals surface area contributed by atoms with Crippen LogP contribution in [0.15, 0.2) is 59.0 Å². The van der Waals surface area contributed by atoms with Crippen LogP contribution in [0.2, 0.25) is 0 Å². The molecule has 1 aromatic heterocycles. The van der Waals surface area contributed by atoms with Gasteiger partial charge >= 0.3 is 0 Å². The molecule has 2 amide bonds. The highest BCUT2D eigenvalue weighted by molar-refractivity contribution is 6.00. The molecule has 0 spiro atoms. The molecule has 24 heavy (non-hydrogen) atoms. The Bertz CT molecular complexity index is 852. The van der Waals surface area contributed by atoms with E-state index >= 15 is 0 Å². The van der Waals surface area contributed by atoms with Crippen molar-refractivity contribution >= 4 is 28.5 Å². The molecule has 0 fully saturated rings. The van der Waals surface area contributed by atoms with Gasteiger partial charge in [0.25, 0.3) is 5.91 Å². The molecule has 122 valence electrons. The van der Waals surface area contributed by atoms with E-state index in [1.54, 1.807) is 43.5 Å². The molecule has 3 rings (SSSR count). The lowest BCUT2D eigenvalue weighted by Crippen LogP contribution is -2.32. The van der Waals surface area contributed by atoms with Crippen LogP contribution in [0.4, 0.5) is 5.69 Å². The fourth-order valence-electron chi connectivity index (χ4n) is 2.25. The maximum absolute atomic E-state index is 12.1. The van der Waals surface area contributed by atoms with Gasteiger partial charge in [-0.25, -0.2) is 0 Å². The zero-order valence-electron chi connectivity index (χ0n) is 13.0. The van der Waals surface area contributed by atoms with E-state index in [1.165, 1.54) is 0 Å². The first-order chi connectivity index (χ1) is 11.7. The predicted octanol–water partition coefficient (Wildman–Crippen LogP) is 2.81. The van der Waals surface area contributed by atoms with Crippen LogP contribution in [0.25, 0.3) is 11.0 Å². The largest absolute Gasteiger partial charge is 0.497 e. The third-order valence-corrected chi connectivity index (χ3v) is 3.41. The van der Waals surface area contributed by atoms with Crippen molar-refractivity contribution in [3.63, 3.8) is 0 Å². The lowest BCUT2D eigenvalue weighted by molar-refractivity contribution is -0.115. The van der Waals surface area contributed by atoms with Crippen molar-refractivity contribution in [2.75, 3.05) is 19.0 Å². The summed E-state index contributed by atoms with van der Waals surface area (Å²) in [5.74, 6) is 0.0317. The zero-order chi connectivity index (χ0) is 16.9. The molecule has 3 aromatic rings. The van der Waals surface area contributed by atoms with E-state index in [9.17, 15) is 9.59 Å². The van der Waals surface area contributed by atoms with Crippen LogP contribution in [0.1, 0.15) is 10.6 Å². The molecule has 0 bridgehead atoms. The van der Waals surface area contributed by atoms with Crippen molar-refractivity contribution in [3.8, 4) is 5.75 Å². The van der Waals surface area contributed by atoms with Crippen LogP contribution in [0.3, 0.4) is 0 Å². The molecule has 0 aliphatic heterocycles. The number of ether oxygens (including phenoxy) is 1. The Kier molecular flexibility index (Phi) is 4.47. The summed E-state index contributed by atoms with van der Waals surface area (Å²) in [4.78, 5) is 24.0. The lowest BCUT2D eigenvalue weighted by Gasteiger charge is -2.07. The molecule has 0 saturated heterocycles. The molecule has 6 nitrogen and oxygen atoms in total. The number of carbonyl (C=O) groups is 2. The maximum atomic E-state index is 12.1. The van der Waals surface area contributed by atoms with Crippen molar-refractivity contribution < 1.29 is 18.7 Å². The summed E-state index contributed by atoms with van der Waals surface area (Å²) >= 11 is 0. The first-order valence-corrected chi connectivity index (χ1v) is 7.36. The number of benzene rings is 2. The maximum Gasteiger partial charge on any atom is 0.287 e. The summed E-state index contributed by atoms with van der Waals surface area (Å²) < 4.78 is 10.5. The number of amides is 2. The van der Waals surface area contributed by atoms with E-state index in [0.29, 0.717) is 17.0 Å². The highest BCUT2D eigenvalue weighted by atomic mass is 16.5. The minimum atomic E-state index is -0.438. The Morgan fingerprint density at radius 2 is 1.92 bits per heavy atom. The number of hydrogen-bond donors (Lipinski definition) is 2. The number of furan rings is 1. The van der Waals surface area contributed by atoms with E-state index < -0.39 is 5.91 Å². The first kappa shape index (κ1) is 15.6. The average Bonchev–Trinajstić information content (AvgIpc) is 3.04. The standard InChI is InChI=1S/C18H16N2O4/c1-23-14-7-4-6-13(10-14)20-17(21)11-19-18(22)16-9-12-5-2-3-8-15(12)24-16/h2-10H,11H2,1H3,(H,19,22)(H,20,21). The molecular weight excluding hydrogens is 308 g/mol. The molecular formula is C18H16N2O4. The van der Waals surface area contributed by atoms with Crippen molar-refractivity contribution in [2.45, 2.75) is 0 Å². The second kappa shape index (κ2) is 6.87. The molecule has 2 aromatic carbocycles. The van der Waals surface area contributed by atoms with Gasteiger partial charge in [0.2, 0.25) is 5.91 Å². The number of fused-ring (bicyclic) bond motifs is 1. The van der Waals surface area contributed by atoms with E-state index in [-0.39, 0.29) is 18.2 Å². The molecule has 1 heterocycles. The highest BCUT2D eigenvalue weighted by Crippen LogP contribution is 2.19. The van der Waals surface area contributed by atoms with E-state index in [2.05, 4.69) is 10.6 Å². The molecule has 6 heteroatoms. The molecule has 0 unspecified atom stereocenters. The van der Waals surface area contributed by atoms with E-state index in [0.717, 1.165) is 5.39 Å². The Morgan fingerprint density at radius 3 is 2.71 bits per heavy atom. The van der Waals surface area contributed by atoms with Crippen molar-refractivity contribution in [1.29, 1.82) is 0 Å². The third-order valence-electron chi connectivity index (χ3n) is 3.41. The van der Waals surface area contributed by atoms with Gasteiger partial charge in [-0.1, -0.05) is 24.3 Å². The molecule has 0 saturated carbocycles. The molecule has 0 aliphatic rings. The van der Waals surface area contributed by atoms with Gasteiger partial charge in [-0.15, -0.1) is 0 Å². The predicted molar refractivity (Wildman–Crippen MR) is 90.2 cm³/mol. The molecule has 0 radical (unpaired) electrons. The van der Waals surface area contributed by atoms with Gasteiger partial charge in [-0.05, 0) is 24.3 Å². The van der Waals surface area contributed by atoms with Crippen LogP contribution in [0, 0.1) is 0 Å². The second-order valence-electron chi connectivity index (χ2n) is 5.11. The summed E-state index contributed by atoms with van der Waals surface area (Å²) in [7, 11) is 1.55. The third kappa shape index (κ3) is 3.55. The Labute approximate surface area is 138 Å². The monoisotopic (exact) mass is 324 g/mol. The van der Waals surface area contributed by atoms with Gasteiger partial charge in [-0.2, -0.15) is 0 Å².